The Labute approximate surface area is 114 Å². The van der Waals surface area contributed by atoms with Crippen LogP contribution < -0.4 is 9.47 Å². The standard InChI is InChI=1S/C14H22N2O3/c1-9-5-10(2)7-14(17,6-9)12-13(19-4)16-11(18-3)8-15-12/h8-10,17H,5-7H2,1-4H3. The highest BCUT2D eigenvalue weighted by Gasteiger charge is 2.41. The van der Waals surface area contributed by atoms with E-state index in [1.54, 1.807) is 0 Å². The van der Waals surface area contributed by atoms with Crippen molar-refractivity contribution >= 4 is 0 Å². The zero-order valence-electron chi connectivity index (χ0n) is 12.0. The van der Waals surface area contributed by atoms with Crippen molar-refractivity contribution in [2.75, 3.05) is 14.2 Å². The number of nitrogens with zero attached hydrogens (tertiary/aromatic N) is 2. The molecule has 0 amide bonds. The van der Waals surface area contributed by atoms with Crippen LogP contribution in [0.2, 0.25) is 0 Å². The monoisotopic (exact) mass is 266 g/mol. The van der Waals surface area contributed by atoms with Crippen molar-refractivity contribution in [3.63, 3.8) is 0 Å². The van der Waals surface area contributed by atoms with Gasteiger partial charge in [0.25, 0.3) is 0 Å². The van der Waals surface area contributed by atoms with Crippen molar-refractivity contribution in [2.24, 2.45) is 11.8 Å². The lowest BCUT2D eigenvalue weighted by molar-refractivity contribution is -0.0419. The van der Waals surface area contributed by atoms with Gasteiger partial charge in [-0.1, -0.05) is 13.8 Å². The lowest BCUT2D eigenvalue weighted by Gasteiger charge is -2.38. The van der Waals surface area contributed by atoms with Crippen LogP contribution >= 0.6 is 0 Å². The number of methoxy groups -OCH3 is 2. The zero-order chi connectivity index (χ0) is 14.0. The molecule has 0 saturated heterocycles. The molecule has 1 aliphatic rings. The third-order valence-electron chi connectivity index (χ3n) is 3.74. The number of rotatable bonds is 3. The Morgan fingerprint density at radius 3 is 2.37 bits per heavy atom. The molecular formula is C14H22N2O3. The molecular weight excluding hydrogens is 244 g/mol. The Morgan fingerprint density at radius 2 is 1.84 bits per heavy atom. The molecule has 19 heavy (non-hydrogen) atoms. The van der Waals surface area contributed by atoms with Gasteiger partial charge >= 0.3 is 0 Å². The minimum absolute atomic E-state index is 0.350. The third kappa shape index (κ3) is 2.81. The van der Waals surface area contributed by atoms with Crippen molar-refractivity contribution in [1.82, 2.24) is 9.97 Å². The van der Waals surface area contributed by atoms with Crippen LogP contribution in [-0.4, -0.2) is 29.3 Å². The summed E-state index contributed by atoms with van der Waals surface area (Å²) in [6.45, 7) is 4.31. The topological polar surface area (TPSA) is 64.5 Å². The van der Waals surface area contributed by atoms with Crippen molar-refractivity contribution in [3.05, 3.63) is 11.9 Å². The predicted octanol–water partition coefficient (Wildman–Crippen LogP) is 2.14. The molecule has 2 atom stereocenters. The maximum Gasteiger partial charge on any atom is 0.241 e. The summed E-state index contributed by atoms with van der Waals surface area (Å²) in [5.74, 6) is 1.66. The molecule has 1 N–H and O–H groups in total. The van der Waals surface area contributed by atoms with Gasteiger partial charge < -0.3 is 14.6 Å². The highest BCUT2D eigenvalue weighted by Crippen LogP contribution is 2.44. The molecule has 2 unspecified atom stereocenters. The van der Waals surface area contributed by atoms with Crippen molar-refractivity contribution in [1.29, 1.82) is 0 Å². The van der Waals surface area contributed by atoms with Gasteiger partial charge in [-0.15, -0.1) is 0 Å². The Balaban J connectivity index is 2.39. The molecule has 1 fully saturated rings. The molecule has 1 aliphatic carbocycles. The quantitative estimate of drug-likeness (QED) is 0.908. The van der Waals surface area contributed by atoms with Gasteiger partial charge in [-0.3, -0.25) is 0 Å². The first-order chi connectivity index (χ1) is 8.98. The summed E-state index contributed by atoms with van der Waals surface area (Å²) in [6.07, 6.45) is 4.04. The summed E-state index contributed by atoms with van der Waals surface area (Å²) in [5, 5.41) is 10.9. The molecule has 0 spiro atoms. The van der Waals surface area contributed by atoms with Gasteiger partial charge in [-0.2, -0.15) is 4.98 Å². The van der Waals surface area contributed by atoms with Crippen LogP contribution in [0.15, 0.2) is 6.20 Å². The number of ether oxygens (including phenoxy) is 2. The van der Waals surface area contributed by atoms with Gasteiger partial charge in [0.15, 0.2) is 0 Å². The molecule has 0 aromatic carbocycles. The molecule has 2 rings (SSSR count). The first-order valence-electron chi connectivity index (χ1n) is 6.66. The number of aliphatic hydroxyl groups is 1. The van der Waals surface area contributed by atoms with Gasteiger partial charge in [0, 0.05) is 0 Å². The number of hydrogen-bond donors (Lipinski definition) is 1. The Bertz CT molecular complexity index is 440. The predicted molar refractivity (Wildman–Crippen MR) is 71.2 cm³/mol. The van der Waals surface area contributed by atoms with Gasteiger partial charge in [0.2, 0.25) is 11.8 Å². The lowest BCUT2D eigenvalue weighted by atomic mass is 9.72. The highest BCUT2D eigenvalue weighted by molar-refractivity contribution is 5.28. The van der Waals surface area contributed by atoms with E-state index in [2.05, 4.69) is 23.8 Å². The minimum atomic E-state index is -0.957. The first kappa shape index (κ1) is 14.1. The Morgan fingerprint density at radius 1 is 1.21 bits per heavy atom. The molecule has 5 nitrogen and oxygen atoms in total. The van der Waals surface area contributed by atoms with Gasteiger partial charge in [-0.05, 0) is 31.1 Å². The molecule has 106 valence electrons. The molecule has 0 radical (unpaired) electrons. The van der Waals surface area contributed by atoms with E-state index in [0.717, 1.165) is 6.42 Å². The fourth-order valence-electron chi connectivity index (χ4n) is 3.20. The number of aromatic nitrogens is 2. The second kappa shape index (κ2) is 5.33. The summed E-state index contributed by atoms with van der Waals surface area (Å²) in [6, 6.07) is 0. The summed E-state index contributed by atoms with van der Waals surface area (Å²) >= 11 is 0. The van der Waals surface area contributed by atoms with Crippen LogP contribution in [-0.2, 0) is 5.60 Å². The fraction of sp³-hybridized carbons (Fsp3) is 0.714. The van der Waals surface area contributed by atoms with E-state index in [9.17, 15) is 5.11 Å². The summed E-state index contributed by atoms with van der Waals surface area (Å²) in [5.41, 5.74) is -0.434. The van der Waals surface area contributed by atoms with E-state index in [1.165, 1.54) is 20.4 Å². The molecule has 0 aliphatic heterocycles. The van der Waals surface area contributed by atoms with E-state index >= 15 is 0 Å². The van der Waals surface area contributed by atoms with E-state index < -0.39 is 5.60 Å². The van der Waals surface area contributed by atoms with Crippen LogP contribution in [0.3, 0.4) is 0 Å². The van der Waals surface area contributed by atoms with Crippen LogP contribution in [0.25, 0.3) is 0 Å². The zero-order valence-corrected chi connectivity index (χ0v) is 12.0. The van der Waals surface area contributed by atoms with Gasteiger partial charge in [0.1, 0.15) is 11.3 Å². The summed E-state index contributed by atoms with van der Waals surface area (Å²) < 4.78 is 10.3. The molecule has 5 heteroatoms. The normalized spacial score (nSPS) is 31.0. The Kier molecular flexibility index (Phi) is 3.94. The van der Waals surface area contributed by atoms with E-state index in [4.69, 9.17) is 9.47 Å². The van der Waals surface area contributed by atoms with Crippen molar-refractivity contribution < 1.29 is 14.6 Å². The second-order valence-electron chi connectivity index (χ2n) is 5.66. The minimum Gasteiger partial charge on any atom is -0.480 e. The number of hydrogen-bond acceptors (Lipinski definition) is 5. The summed E-state index contributed by atoms with van der Waals surface area (Å²) in [7, 11) is 3.06. The van der Waals surface area contributed by atoms with Crippen LogP contribution in [0.4, 0.5) is 0 Å². The smallest absolute Gasteiger partial charge is 0.241 e. The third-order valence-corrected chi connectivity index (χ3v) is 3.74. The van der Waals surface area contributed by atoms with Crippen molar-refractivity contribution in [3.8, 4) is 11.8 Å². The molecule has 0 bridgehead atoms. The van der Waals surface area contributed by atoms with Crippen LogP contribution in [0, 0.1) is 11.8 Å². The summed E-state index contributed by atoms with van der Waals surface area (Å²) in [4.78, 5) is 8.54. The second-order valence-corrected chi connectivity index (χ2v) is 5.66. The van der Waals surface area contributed by atoms with Crippen LogP contribution in [0.5, 0.6) is 11.8 Å². The SMILES string of the molecule is COc1cnc(C2(O)CC(C)CC(C)C2)c(OC)n1. The van der Waals surface area contributed by atoms with Crippen LogP contribution in [0.1, 0.15) is 38.8 Å². The van der Waals surface area contributed by atoms with E-state index in [-0.39, 0.29) is 0 Å². The molecule has 1 aromatic heterocycles. The van der Waals surface area contributed by atoms with Crippen molar-refractivity contribution in [2.45, 2.75) is 38.7 Å². The average Bonchev–Trinajstić information content (AvgIpc) is 2.36. The maximum atomic E-state index is 10.9. The first-order valence-corrected chi connectivity index (χ1v) is 6.66. The van der Waals surface area contributed by atoms with Gasteiger partial charge in [0.05, 0.1) is 20.4 Å². The largest absolute Gasteiger partial charge is 0.480 e. The van der Waals surface area contributed by atoms with E-state index in [0.29, 0.717) is 42.1 Å². The average molecular weight is 266 g/mol. The molecule has 1 aromatic rings. The van der Waals surface area contributed by atoms with Gasteiger partial charge in [-0.25, -0.2) is 4.98 Å². The lowest BCUT2D eigenvalue weighted by Crippen LogP contribution is -2.36. The maximum absolute atomic E-state index is 10.9. The fourth-order valence-corrected chi connectivity index (χ4v) is 3.20. The highest BCUT2D eigenvalue weighted by atomic mass is 16.5. The molecule has 1 heterocycles. The molecule has 1 saturated carbocycles. The van der Waals surface area contributed by atoms with E-state index in [1.807, 2.05) is 0 Å². The Hall–Kier alpha value is -1.36.